The second-order valence-electron chi connectivity index (χ2n) is 8.50. The van der Waals surface area contributed by atoms with Crippen molar-refractivity contribution >= 4 is 17.4 Å². The van der Waals surface area contributed by atoms with Gasteiger partial charge in [0.2, 0.25) is 0 Å². The third kappa shape index (κ3) is 4.99. The van der Waals surface area contributed by atoms with Crippen molar-refractivity contribution in [3.05, 3.63) is 91.6 Å². The maximum atomic E-state index is 13.5. The van der Waals surface area contributed by atoms with Crippen LogP contribution in [0.1, 0.15) is 47.3 Å². The van der Waals surface area contributed by atoms with Crippen LogP contribution in [0.15, 0.2) is 58.1 Å². The summed E-state index contributed by atoms with van der Waals surface area (Å²) >= 11 is 0. The molecule has 0 radical (unpaired) electrons. The Hall–Kier alpha value is -3.61. The van der Waals surface area contributed by atoms with Gasteiger partial charge in [-0.2, -0.15) is 0 Å². The molecule has 0 saturated carbocycles. The third-order valence-corrected chi connectivity index (χ3v) is 5.60. The highest BCUT2D eigenvalue weighted by molar-refractivity contribution is 6.07. The molecule has 0 aliphatic heterocycles. The molecule has 1 aromatic heterocycles. The van der Waals surface area contributed by atoms with Crippen LogP contribution < -0.4 is 21.9 Å². The summed E-state index contributed by atoms with van der Waals surface area (Å²) in [4.78, 5) is 42.7. The van der Waals surface area contributed by atoms with E-state index in [1.165, 1.54) is 9.47 Å². The molecule has 7 nitrogen and oxygen atoms in total. The van der Waals surface area contributed by atoms with Gasteiger partial charge >= 0.3 is 5.69 Å². The molecule has 1 heterocycles. The first-order valence-corrected chi connectivity index (χ1v) is 10.7. The van der Waals surface area contributed by atoms with Crippen LogP contribution in [0.25, 0.3) is 0 Å². The number of aryl methyl sites for hydroxylation is 2. The van der Waals surface area contributed by atoms with E-state index in [0.29, 0.717) is 24.4 Å². The predicted molar refractivity (Wildman–Crippen MR) is 128 cm³/mol. The number of nitrogens with one attached hydrogen (secondary N) is 1. The third-order valence-electron chi connectivity index (χ3n) is 5.60. The van der Waals surface area contributed by atoms with Crippen LogP contribution in [0.2, 0.25) is 0 Å². The zero-order chi connectivity index (χ0) is 23.4. The number of anilines is 2. The molecule has 7 heteroatoms. The fourth-order valence-electron chi connectivity index (χ4n) is 3.49. The summed E-state index contributed by atoms with van der Waals surface area (Å²) in [7, 11) is 0. The molecule has 3 aromatic rings. The first kappa shape index (κ1) is 23.1. The lowest BCUT2D eigenvalue weighted by Gasteiger charge is -2.25. The van der Waals surface area contributed by atoms with E-state index in [0.717, 1.165) is 16.7 Å². The number of nitrogens with zero attached hydrogens (tertiary/aromatic N) is 2. The fraction of sp³-hybridized carbons (Fsp3) is 0.320. The van der Waals surface area contributed by atoms with E-state index >= 15 is 0 Å². The van der Waals surface area contributed by atoms with Gasteiger partial charge in [-0.1, -0.05) is 50.2 Å². The first-order chi connectivity index (χ1) is 15.2. The van der Waals surface area contributed by atoms with Gasteiger partial charge in [-0.15, -0.1) is 0 Å². The highest BCUT2D eigenvalue weighted by Crippen LogP contribution is 2.22. The van der Waals surface area contributed by atoms with Crippen molar-refractivity contribution in [1.82, 2.24) is 9.55 Å². The topological polar surface area (TPSA) is 101 Å². The van der Waals surface area contributed by atoms with Crippen LogP contribution in [0.5, 0.6) is 0 Å². The quantitative estimate of drug-likeness (QED) is 0.594. The van der Waals surface area contributed by atoms with Crippen LogP contribution >= 0.6 is 0 Å². The van der Waals surface area contributed by atoms with Gasteiger partial charge < -0.3 is 10.6 Å². The van der Waals surface area contributed by atoms with Gasteiger partial charge in [-0.25, -0.2) is 4.79 Å². The molecule has 0 aliphatic carbocycles. The molecule has 1 amide bonds. The largest absolute Gasteiger partial charge is 0.383 e. The van der Waals surface area contributed by atoms with Crippen LogP contribution in [0.3, 0.4) is 0 Å². The lowest BCUT2D eigenvalue weighted by molar-refractivity contribution is 0.0985. The predicted octanol–water partition coefficient (Wildman–Crippen LogP) is 3.48. The second-order valence-corrected chi connectivity index (χ2v) is 8.50. The first-order valence-electron chi connectivity index (χ1n) is 10.7. The molecular weight excluding hydrogens is 404 g/mol. The molecule has 0 bridgehead atoms. The summed E-state index contributed by atoms with van der Waals surface area (Å²) in [6, 6.07) is 14.8. The summed E-state index contributed by atoms with van der Waals surface area (Å²) in [6.45, 7) is 8.49. The number of rotatable bonds is 7. The number of carbonyl (C=O) groups is 1. The Labute approximate surface area is 187 Å². The fourth-order valence-corrected chi connectivity index (χ4v) is 3.49. The maximum absolute atomic E-state index is 13.5. The van der Waals surface area contributed by atoms with E-state index in [9.17, 15) is 14.4 Å². The lowest BCUT2D eigenvalue weighted by atomic mass is 10.0. The highest BCUT2D eigenvalue weighted by Gasteiger charge is 2.25. The molecule has 2 aromatic carbocycles. The smallest absolute Gasteiger partial charge is 0.330 e. The van der Waals surface area contributed by atoms with Crippen molar-refractivity contribution in [2.24, 2.45) is 5.92 Å². The number of aromatic amines is 1. The van der Waals surface area contributed by atoms with E-state index in [2.05, 4.69) is 4.98 Å². The standard InChI is InChI=1S/C25H30N4O3/c1-16(2)12-13-28(24(31)20-11-10-17(3)18(4)14-20)21-22(26)29(25(32)27-23(21)30)15-19-8-6-5-7-9-19/h5-11,14,16H,12-13,15,26H2,1-4H3,(H,27,30,32). The number of benzene rings is 2. The van der Waals surface area contributed by atoms with Crippen molar-refractivity contribution in [3.63, 3.8) is 0 Å². The number of aromatic nitrogens is 2. The molecule has 0 saturated heterocycles. The molecule has 32 heavy (non-hydrogen) atoms. The molecule has 3 N–H and O–H groups in total. The van der Waals surface area contributed by atoms with E-state index < -0.39 is 11.2 Å². The molecule has 0 fully saturated rings. The number of H-pyrrole nitrogens is 1. The van der Waals surface area contributed by atoms with E-state index in [1.54, 1.807) is 6.07 Å². The van der Waals surface area contributed by atoms with Crippen LogP contribution in [-0.4, -0.2) is 22.0 Å². The summed E-state index contributed by atoms with van der Waals surface area (Å²) in [5.74, 6) is -0.0417. The van der Waals surface area contributed by atoms with Crippen molar-refractivity contribution in [1.29, 1.82) is 0 Å². The zero-order valence-corrected chi connectivity index (χ0v) is 19.0. The minimum Gasteiger partial charge on any atom is -0.383 e. The molecule has 0 aliphatic rings. The summed E-state index contributed by atoms with van der Waals surface area (Å²) in [5.41, 5.74) is 8.46. The van der Waals surface area contributed by atoms with Gasteiger partial charge in [0.25, 0.3) is 11.5 Å². The lowest BCUT2D eigenvalue weighted by Crippen LogP contribution is -2.42. The average molecular weight is 435 g/mol. The molecule has 3 rings (SSSR count). The number of hydrogen-bond donors (Lipinski definition) is 2. The molecular formula is C25H30N4O3. The van der Waals surface area contributed by atoms with Crippen molar-refractivity contribution < 1.29 is 4.79 Å². The summed E-state index contributed by atoms with van der Waals surface area (Å²) in [5, 5.41) is 0. The monoisotopic (exact) mass is 434 g/mol. The Balaban J connectivity index is 2.12. The molecule has 0 atom stereocenters. The Bertz CT molecular complexity index is 1230. The van der Waals surface area contributed by atoms with Gasteiger partial charge in [0.15, 0.2) is 5.69 Å². The normalized spacial score (nSPS) is 11.0. The minimum atomic E-state index is -0.669. The molecule has 168 valence electrons. The number of hydrogen-bond acceptors (Lipinski definition) is 4. The number of amides is 1. The van der Waals surface area contributed by atoms with Crippen LogP contribution in [0.4, 0.5) is 11.5 Å². The van der Waals surface area contributed by atoms with Gasteiger partial charge in [-0.05, 0) is 55.0 Å². The maximum Gasteiger partial charge on any atom is 0.330 e. The van der Waals surface area contributed by atoms with Gasteiger partial charge in [0.05, 0.1) is 6.54 Å². The second kappa shape index (κ2) is 9.68. The van der Waals surface area contributed by atoms with Gasteiger partial charge in [0, 0.05) is 12.1 Å². The van der Waals surface area contributed by atoms with Crippen molar-refractivity contribution in [3.8, 4) is 0 Å². The Morgan fingerprint density at radius 3 is 2.38 bits per heavy atom. The van der Waals surface area contributed by atoms with Crippen molar-refractivity contribution in [2.75, 3.05) is 17.2 Å². The Morgan fingerprint density at radius 1 is 1.06 bits per heavy atom. The van der Waals surface area contributed by atoms with Crippen molar-refractivity contribution in [2.45, 2.75) is 40.7 Å². The zero-order valence-electron chi connectivity index (χ0n) is 19.0. The van der Waals surface area contributed by atoms with Gasteiger partial charge in [0.1, 0.15) is 5.82 Å². The number of nitrogens with two attached hydrogens (primary N) is 1. The number of carbonyl (C=O) groups excluding carboxylic acids is 1. The van der Waals surface area contributed by atoms with E-state index in [4.69, 9.17) is 5.73 Å². The Kier molecular flexibility index (Phi) is 6.98. The number of nitrogen functional groups attached to an aromatic ring is 1. The highest BCUT2D eigenvalue weighted by atomic mass is 16.2. The van der Waals surface area contributed by atoms with Crippen LogP contribution in [0, 0.1) is 19.8 Å². The summed E-state index contributed by atoms with van der Waals surface area (Å²) < 4.78 is 1.29. The molecule has 0 spiro atoms. The van der Waals surface area contributed by atoms with Crippen LogP contribution in [-0.2, 0) is 6.54 Å². The molecule has 0 unspecified atom stereocenters. The SMILES string of the molecule is Cc1ccc(C(=O)N(CCC(C)C)c2c(N)n(Cc3ccccc3)c(=O)[nH]c2=O)cc1C. The minimum absolute atomic E-state index is 0.00408. The Morgan fingerprint density at radius 2 is 1.75 bits per heavy atom. The van der Waals surface area contributed by atoms with E-state index in [-0.39, 0.29) is 24.0 Å². The summed E-state index contributed by atoms with van der Waals surface area (Å²) in [6.07, 6.45) is 0.674. The van der Waals surface area contributed by atoms with Gasteiger partial charge in [-0.3, -0.25) is 19.1 Å². The van der Waals surface area contributed by atoms with E-state index in [1.807, 2.05) is 70.2 Å². The average Bonchev–Trinajstić information content (AvgIpc) is 2.75.